The van der Waals surface area contributed by atoms with Crippen molar-refractivity contribution in [1.29, 1.82) is 0 Å². The van der Waals surface area contributed by atoms with Crippen LogP contribution >= 0.6 is 0 Å². The van der Waals surface area contributed by atoms with Crippen LogP contribution in [0.15, 0.2) is 65.2 Å². The number of aryl methyl sites for hydroxylation is 1. The Morgan fingerprint density at radius 3 is 2.71 bits per heavy atom. The van der Waals surface area contributed by atoms with Crippen molar-refractivity contribution in [2.75, 3.05) is 11.9 Å². The number of halogens is 3. The summed E-state index contributed by atoms with van der Waals surface area (Å²) in [6.45, 7) is 4.64. The number of benzene rings is 1. The number of nitrogens with zero attached hydrogens (tertiary/aromatic N) is 2. The van der Waals surface area contributed by atoms with E-state index in [0.717, 1.165) is 28.6 Å². The summed E-state index contributed by atoms with van der Waals surface area (Å²) >= 11 is 0. The molecule has 0 bridgehead atoms. The summed E-state index contributed by atoms with van der Waals surface area (Å²) in [5, 5.41) is 6.60. The van der Waals surface area contributed by atoms with E-state index < -0.39 is 17.6 Å². The van der Waals surface area contributed by atoms with Crippen LogP contribution in [0.2, 0.25) is 0 Å². The number of carbonyl (C=O) groups is 1. The van der Waals surface area contributed by atoms with Crippen LogP contribution in [0.5, 0.6) is 0 Å². The van der Waals surface area contributed by atoms with Gasteiger partial charge in [-0.2, -0.15) is 13.2 Å². The zero-order valence-corrected chi connectivity index (χ0v) is 19.5. The van der Waals surface area contributed by atoms with E-state index in [1.807, 2.05) is 19.9 Å². The smallest absolute Gasteiger partial charge is 0.370 e. The maximum atomic E-state index is 13.2. The molecule has 0 spiro atoms. The fourth-order valence-corrected chi connectivity index (χ4v) is 4.12. The minimum absolute atomic E-state index is 0.00310. The maximum Gasteiger partial charge on any atom is 0.416 e. The van der Waals surface area contributed by atoms with Gasteiger partial charge in [0.2, 0.25) is 0 Å². The maximum absolute atomic E-state index is 13.2. The minimum atomic E-state index is -4.54. The van der Waals surface area contributed by atoms with Gasteiger partial charge in [0, 0.05) is 48.1 Å². The number of rotatable bonds is 5. The van der Waals surface area contributed by atoms with Gasteiger partial charge in [-0.05, 0) is 55.2 Å². The minimum Gasteiger partial charge on any atom is -0.370 e. The Balaban J connectivity index is 1.67. The average Bonchev–Trinajstić information content (AvgIpc) is 2.83. The van der Waals surface area contributed by atoms with Crippen molar-refractivity contribution >= 4 is 28.2 Å². The quantitative estimate of drug-likeness (QED) is 0.529. The molecule has 1 aromatic carbocycles. The molecule has 0 radical (unpaired) electrons. The Morgan fingerprint density at radius 1 is 1.23 bits per heavy atom. The van der Waals surface area contributed by atoms with Crippen molar-refractivity contribution in [3.63, 3.8) is 0 Å². The van der Waals surface area contributed by atoms with Gasteiger partial charge >= 0.3 is 6.18 Å². The molecule has 3 aromatic rings. The highest BCUT2D eigenvalue weighted by Crippen LogP contribution is 2.32. The van der Waals surface area contributed by atoms with Crippen molar-refractivity contribution in [3.05, 3.63) is 87.5 Å². The van der Waals surface area contributed by atoms with E-state index in [-0.39, 0.29) is 17.0 Å². The van der Waals surface area contributed by atoms with Gasteiger partial charge in [0.25, 0.3) is 11.5 Å². The third kappa shape index (κ3) is 4.99. The summed E-state index contributed by atoms with van der Waals surface area (Å²) in [5.74, 6) is 0.0259. The molecule has 0 saturated heterocycles. The molecule has 35 heavy (non-hydrogen) atoms. The largest absolute Gasteiger partial charge is 0.416 e. The van der Waals surface area contributed by atoms with Gasteiger partial charge in [-0.15, -0.1) is 0 Å². The second-order valence-corrected chi connectivity index (χ2v) is 8.51. The summed E-state index contributed by atoms with van der Waals surface area (Å²) in [4.78, 5) is 30.3. The lowest BCUT2D eigenvalue weighted by Crippen LogP contribution is -2.26. The number of hydrogen-bond acceptors (Lipinski definition) is 4. The summed E-state index contributed by atoms with van der Waals surface area (Å²) < 4.78 is 40.6. The molecule has 2 heterocycles. The molecule has 1 aliphatic rings. The highest BCUT2D eigenvalue weighted by atomic mass is 19.4. The molecular formula is C26H25F3N4O2. The fourth-order valence-electron chi connectivity index (χ4n) is 4.12. The first-order valence-corrected chi connectivity index (χ1v) is 11.2. The van der Waals surface area contributed by atoms with E-state index in [0.29, 0.717) is 30.0 Å². The van der Waals surface area contributed by atoms with E-state index in [4.69, 9.17) is 0 Å². The second-order valence-electron chi connectivity index (χ2n) is 8.51. The van der Waals surface area contributed by atoms with Gasteiger partial charge in [-0.3, -0.25) is 9.59 Å². The SMILES string of the molecule is CCNc1cc2c(cn1)cc(C1=CC(NC(=O)c3cccc(C(F)(F)F)c3)=CCC1C)c(=O)n2C. The molecule has 1 atom stereocenters. The van der Waals surface area contributed by atoms with Gasteiger partial charge < -0.3 is 15.2 Å². The van der Waals surface area contributed by atoms with Crippen LogP contribution in [-0.2, 0) is 13.2 Å². The molecule has 2 N–H and O–H groups in total. The van der Waals surface area contributed by atoms with Gasteiger partial charge in [0.05, 0.1) is 11.1 Å². The molecule has 6 nitrogen and oxygen atoms in total. The van der Waals surface area contributed by atoms with Crippen LogP contribution in [-0.4, -0.2) is 22.0 Å². The third-order valence-electron chi connectivity index (χ3n) is 6.02. The first-order chi connectivity index (χ1) is 16.6. The normalized spacial score (nSPS) is 16.0. The zero-order valence-electron chi connectivity index (χ0n) is 19.5. The lowest BCUT2D eigenvalue weighted by Gasteiger charge is -2.22. The van der Waals surface area contributed by atoms with Crippen molar-refractivity contribution in [2.45, 2.75) is 26.4 Å². The highest BCUT2D eigenvalue weighted by molar-refractivity contribution is 5.96. The molecule has 0 fully saturated rings. The Labute approximate surface area is 200 Å². The molecule has 4 rings (SSSR count). The lowest BCUT2D eigenvalue weighted by atomic mass is 9.87. The first kappa shape index (κ1) is 24.3. The zero-order chi connectivity index (χ0) is 25.3. The topological polar surface area (TPSA) is 76.0 Å². The molecule has 2 aromatic heterocycles. The summed E-state index contributed by atoms with van der Waals surface area (Å²) in [5.41, 5.74) is 1.23. The lowest BCUT2D eigenvalue weighted by molar-refractivity contribution is -0.137. The summed E-state index contributed by atoms with van der Waals surface area (Å²) in [6, 6.07) is 7.88. The van der Waals surface area contributed by atoms with E-state index in [9.17, 15) is 22.8 Å². The predicted molar refractivity (Wildman–Crippen MR) is 130 cm³/mol. The third-order valence-corrected chi connectivity index (χ3v) is 6.02. The Hall–Kier alpha value is -3.88. The number of fused-ring (bicyclic) bond motifs is 1. The summed E-state index contributed by atoms with van der Waals surface area (Å²) in [6.07, 6.45) is 1.23. The van der Waals surface area contributed by atoms with Crippen molar-refractivity contribution in [3.8, 4) is 0 Å². The van der Waals surface area contributed by atoms with Gasteiger partial charge in [-0.25, -0.2) is 4.98 Å². The fraction of sp³-hybridized carbons (Fsp3) is 0.269. The number of nitrogens with one attached hydrogen (secondary N) is 2. The number of aromatic nitrogens is 2. The van der Waals surface area contributed by atoms with Crippen LogP contribution in [0.25, 0.3) is 16.5 Å². The van der Waals surface area contributed by atoms with Crippen LogP contribution in [0.1, 0.15) is 41.8 Å². The number of amides is 1. The molecule has 1 unspecified atom stereocenters. The van der Waals surface area contributed by atoms with Gasteiger partial charge in [0.15, 0.2) is 0 Å². The average molecular weight is 483 g/mol. The monoisotopic (exact) mass is 482 g/mol. The molecular weight excluding hydrogens is 457 g/mol. The van der Waals surface area contributed by atoms with Crippen molar-refractivity contribution < 1.29 is 18.0 Å². The van der Waals surface area contributed by atoms with Crippen molar-refractivity contribution in [1.82, 2.24) is 14.9 Å². The number of carbonyl (C=O) groups excluding carboxylic acids is 1. The van der Waals surface area contributed by atoms with E-state index >= 15 is 0 Å². The molecule has 1 aliphatic carbocycles. The van der Waals surface area contributed by atoms with E-state index in [1.54, 1.807) is 36.0 Å². The van der Waals surface area contributed by atoms with Crippen LogP contribution < -0.4 is 16.2 Å². The number of pyridine rings is 2. The Kier molecular flexibility index (Phi) is 6.51. The number of allylic oxidation sites excluding steroid dienone is 3. The van der Waals surface area contributed by atoms with Crippen LogP contribution in [0, 0.1) is 5.92 Å². The molecule has 0 aliphatic heterocycles. The van der Waals surface area contributed by atoms with Crippen molar-refractivity contribution in [2.24, 2.45) is 13.0 Å². The first-order valence-electron chi connectivity index (χ1n) is 11.2. The second kappa shape index (κ2) is 9.40. The number of alkyl halides is 3. The Morgan fingerprint density at radius 2 is 2.00 bits per heavy atom. The predicted octanol–water partition coefficient (Wildman–Crippen LogP) is 5.12. The number of hydrogen-bond donors (Lipinski definition) is 2. The van der Waals surface area contributed by atoms with Crippen LogP contribution in [0.4, 0.5) is 19.0 Å². The molecule has 1 amide bonds. The van der Waals surface area contributed by atoms with E-state index in [2.05, 4.69) is 15.6 Å². The standard InChI is InChI=1S/C26H25F3N4O2/c1-4-30-23-13-22-17(14-31-23)11-21(25(35)33(22)3)20-12-19(9-8-15(20)2)32-24(34)16-6-5-7-18(10-16)26(27,28)29/h5-7,9-15H,4,8H2,1-3H3,(H,30,31)(H,32,34). The molecule has 182 valence electrons. The molecule has 9 heteroatoms. The molecule has 0 saturated carbocycles. The summed E-state index contributed by atoms with van der Waals surface area (Å²) in [7, 11) is 1.70. The number of anilines is 1. The van der Waals surface area contributed by atoms with Gasteiger partial charge in [0.1, 0.15) is 5.82 Å². The van der Waals surface area contributed by atoms with E-state index in [1.165, 1.54) is 12.1 Å². The van der Waals surface area contributed by atoms with Crippen LogP contribution in [0.3, 0.4) is 0 Å². The Bertz CT molecular complexity index is 1420. The van der Waals surface area contributed by atoms with Gasteiger partial charge in [-0.1, -0.05) is 19.1 Å². The highest BCUT2D eigenvalue weighted by Gasteiger charge is 2.31.